The molecule has 4 N–H and O–H groups in total. The van der Waals surface area contributed by atoms with Crippen LogP contribution in [0.15, 0.2) is 29.4 Å². The number of amidine groups is 1. The Kier molecular flexibility index (Phi) is 5.15. The Morgan fingerprint density at radius 1 is 1.56 bits per heavy atom. The highest BCUT2D eigenvalue weighted by atomic mass is 16.5. The van der Waals surface area contributed by atoms with E-state index in [9.17, 15) is 0 Å². The molecule has 0 aliphatic carbocycles. The largest absolute Gasteiger partial charge is 0.409 e. The molecule has 1 aromatic rings. The van der Waals surface area contributed by atoms with E-state index in [1.807, 2.05) is 24.3 Å². The number of nitrogens with two attached hydrogens (primary N) is 1. The van der Waals surface area contributed by atoms with Crippen molar-refractivity contribution in [3.05, 3.63) is 29.8 Å². The summed E-state index contributed by atoms with van der Waals surface area (Å²) in [4.78, 5) is 0. The van der Waals surface area contributed by atoms with E-state index >= 15 is 0 Å². The number of ether oxygens (including phenoxy) is 1. The summed E-state index contributed by atoms with van der Waals surface area (Å²) in [5.41, 5.74) is 7.46. The Morgan fingerprint density at radius 3 is 3.06 bits per heavy atom. The summed E-state index contributed by atoms with van der Waals surface area (Å²) < 4.78 is 5.04. The topological polar surface area (TPSA) is 79.9 Å². The van der Waals surface area contributed by atoms with Gasteiger partial charge in [0.05, 0.1) is 6.61 Å². The highest BCUT2D eigenvalue weighted by molar-refractivity contribution is 5.80. The molecule has 0 aliphatic heterocycles. The van der Waals surface area contributed by atoms with E-state index in [2.05, 4.69) is 10.5 Å². The van der Waals surface area contributed by atoms with Gasteiger partial charge in [-0.05, 0) is 17.7 Å². The second-order valence-electron chi connectivity index (χ2n) is 3.40. The van der Waals surface area contributed by atoms with Crippen molar-refractivity contribution in [2.24, 2.45) is 10.9 Å². The van der Waals surface area contributed by atoms with Crippen LogP contribution in [0.25, 0.3) is 0 Å². The predicted molar refractivity (Wildman–Crippen MR) is 63.7 cm³/mol. The third-order valence-corrected chi connectivity index (χ3v) is 2.08. The van der Waals surface area contributed by atoms with Gasteiger partial charge in [-0.3, -0.25) is 0 Å². The van der Waals surface area contributed by atoms with Crippen LogP contribution in [0.4, 0.5) is 5.69 Å². The molecule has 5 nitrogen and oxygen atoms in total. The van der Waals surface area contributed by atoms with E-state index in [-0.39, 0.29) is 5.84 Å². The zero-order valence-corrected chi connectivity index (χ0v) is 9.31. The average molecular weight is 223 g/mol. The van der Waals surface area contributed by atoms with Gasteiger partial charge in [-0.15, -0.1) is 0 Å². The summed E-state index contributed by atoms with van der Waals surface area (Å²) in [6, 6.07) is 7.93. The van der Waals surface area contributed by atoms with Gasteiger partial charge in [0.2, 0.25) is 0 Å². The van der Waals surface area contributed by atoms with Crippen LogP contribution < -0.4 is 11.1 Å². The minimum atomic E-state index is 0.223. The van der Waals surface area contributed by atoms with E-state index < -0.39 is 0 Å². The second kappa shape index (κ2) is 6.68. The first kappa shape index (κ1) is 12.3. The molecule has 0 heterocycles. The fourth-order valence-corrected chi connectivity index (χ4v) is 1.32. The molecular formula is C11H17N3O2. The molecule has 0 bridgehead atoms. The number of anilines is 1. The maximum atomic E-state index is 8.36. The van der Waals surface area contributed by atoms with Crippen molar-refractivity contribution in [3.8, 4) is 0 Å². The van der Waals surface area contributed by atoms with Crippen molar-refractivity contribution in [2.75, 3.05) is 19.0 Å². The first-order chi connectivity index (χ1) is 7.76. The van der Waals surface area contributed by atoms with E-state index in [1.54, 1.807) is 7.11 Å². The van der Waals surface area contributed by atoms with Gasteiger partial charge in [0.15, 0.2) is 0 Å². The van der Waals surface area contributed by atoms with E-state index in [0.29, 0.717) is 19.6 Å². The summed E-state index contributed by atoms with van der Waals surface area (Å²) >= 11 is 0. The number of benzene rings is 1. The summed E-state index contributed by atoms with van der Waals surface area (Å²) in [6.07, 6.45) is 0.505. The number of hydrogen-bond acceptors (Lipinski definition) is 4. The average Bonchev–Trinajstić information content (AvgIpc) is 2.30. The minimum absolute atomic E-state index is 0.223. The molecule has 5 heteroatoms. The third kappa shape index (κ3) is 4.18. The monoisotopic (exact) mass is 223 g/mol. The van der Waals surface area contributed by atoms with E-state index in [0.717, 1.165) is 11.3 Å². The van der Waals surface area contributed by atoms with Crippen molar-refractivity contribution in [1.29, 1.82) is 0 Å². The van der Waals surface area contributed by atoms with Gasteiger partial charge in [-0.1, -0.05) is 17.3 Å². The summed E-state index contributed by atoms with van der Waals surface area (Å²) in [5, 5.41) is 14.4. The lowest BCUT2D eigenvalue weighted by Crippen LogP contribution is -2.16. The van der Waals surface area contributed by atoms with Gasteiger partial charge in [0.1, 0.15) is 5.84 Å². The van der Waals surface area contributed by atoms with Gasteiger partial charge in [0, 0.05) is 25.8 Å². The van der Waals surface area contributed by atoms with E-state index in [4.69, 9.17) is 15.7 Å². The Bertz CT molecular complexity index is 353. The van der Waals surface area contributed by atoms with Crippen molar-refractivity contribution >= 4 is 11.5 Å². The molecule has 1 aromatic carbocycles. The zero-order valence-electron chi connectivity index (χ0n) is 9.31. The quantitative estimate of drug-likeness (QED) is 0.294. The molecule has 0 unspecified atom stereocenters. The predicted octanol–water partition coefficient (Wildman–Crippen LogP) is 1.38. The molecule has 0 radical (unpaired) electrons. The first-order valence-electron chi connectivity index (χ1n) is 5.04. The second-order valence-corrected chi connectivity index (χ2v) is 3.40. The number of rotatable bonds is 6. The SMILES string of the molecule is COCc1cccc(NCCC(N)=NO)c1. The first-order valence-corrected chi connectivity index (χ1v) is 5.04. The van der Waals surface area contributed by atoms with Crippen LogP contribution in [0, 0.1) is 0 Å². The highest BCUT2D eigenvalue weighted by Crippen LogP contribution is 2.11. The molecule has 0 aliphatic rings. The fraction of sp³-hybridized carbons (Fsp3) is 0.364. The zero-order chi connectivity index (χ0) is 11.8. The van der Waals surface area contributed by atoms with Gasteiger partial charge in [-0.25, -0.2) is 0 Å². The molecule has 16 heavy (non-hydrogen) atoms. The van der Waals surface area contributed by atoms with Crippen LogP contribution in [-0.4, -0.2) is 24.7 Å². The number of oxime groups is 1. The van der Waals surface area contributed by atoms with Crippen LogP contribution in [0.5, 0.6) is 0 Å². The number of nitrogens with one attached hydrogen (secondary N) is 1. The standard InChI is InChI=1S/C11H17N3O2/c1-16-8-9-3-2-4-10(7-9)13-6-5-11(12)14-15/h2-4,7,13,15H,5-6,8H2,1H3,(H2,12,14). The smallest absolute Gasteiger partial charge is 0.140 e. The lowest BCUT2D eigenvalue weighted by Gasteiger charge is -2.07. The molecule has 0 aromatic heterocycles. The van der Waals surface area contributed by atoms with Gasteiger partial charge >= 0.3 is 0 Å². The molecule has 0 saturated heterocycles. The number of methoxy groups -OCH3 is 1. The molecule has 88 valence electrons. The van der Waals surface area contributed by atoms with Gasteiger partial charge < -0.3 is 21.0 Å². The van der Waals surface area contributed by atoms with Crippen LogP contribution in [0.3, 0.4) is 0 Å². The van der Waals surface area contributed by atoms with Gasteiger partial charge in [0.25, 0.3) is 0 Å². The summed E-state index contributed by atoms with van der Waals surface area (Å²) in [7, 11) is 1.67. The Labute approximate surface area is 94.9 Å². The normalized spacial score (nSPS) is 11.4. The summed E-state index contributed by atoms with van der Waals surface area (Å²) in [5.74, 6) is 0.223. The van der Waals surface area contributed by atoms with Gasteiger partial charge in [-0.2, -0.15) is 0 Å². The Morgan fingerprint density at radius 2 is 2.38 bits per heavy atom. The molecule has 0 atom stereocenters. The maximum Gasteiger partial charge on any atom is 0.140 e. The Balaban J connectivity index is 2.44. The molecule has 0 fully saturated rings. The van der Waals surface area contributed by atoms with Crippen LogP contribution in [0.2, 0.25) is 0 Å². The Hall–Kier alpha value is -1.75. The lowest BCUT2D eigenvalue weighted by molar-refractivity contribution is 0.185. The van der Waals surface area contributed by atoms with Crippen molar-refractivity contribution in [3.63, 3.8) is 0 Å². The molecular weight excluding hydrogens is 206 g/mol. The van der Waals surface area contributed by atoms with Crippen LogP contribution in [-0.2, 0) is 11.3 Å². The van der Waals surface area contributed by atoms with Crippen molar-refractivity contribution in [1.82, 2.24) is 0 Å². The van der Waals surface area contributed by atoms with Crippen LogP contribution >= 0.6 is 0 Å². The van der Waals surface area contributed by atoms with E-state index in [1.165, 1.54) is 0 Å². The van der Waals surface area contributed by atoms with Crippen molar-refractivity contribution in [2.45, 2.75) is 13.0 Å². The lowest BCUT2D eigenvalue weighted by atomic mass is 10.2. The van der Waals surface area contributed by atoms with Crippen LogP contribution in [0.1, 0.15) is 12.0 Å². The molecule has 0 spiro atoms. The number of nitrogens with zero attached hydrogens (tertiary/aromatic N) is 1. The molecule has 0 amide bonds. The fourth-order valence-electron chi connectivity index (χ4n) is 1.32. The van der Waals surface area contributed by atoms with Crippen molar-refractivity contribution < 1.29 is 9.94 Å². The number of hydrogen-bond donors (Lipinski definition) is 3. The molecule has 0 saturated carbocycles. The third-order valence-electron chi connectivity index (χ3n) is 2.08. The highest BCUT2D eigenvalue weighted by Gasteiger charge is 1.96. The minimum Gasteiger partial charge on any atom is -0.409 e. The maximum absolute atomic E-state index is 8.36. The summed E-state index contributed by atoms with van der Waals surface area (Å²) in [6.45, 7) is 1.22. The molecule has 1 rings (SSSR count).